The van der Waals surface area contributed by atoms with Crippen LogP contribution in [0.5, 0.6) is 0 Å². The predicted octanol–water partition coefficient (Wildman–Crippen LogP) is 4.80. The van der Waals surface area contributed by atoms with Crippen LogP contribution in [0, 0.1) is 0 Å². The highest BCUT2D eigenvalue weighted by Crippen LogP contribution is 2.44. The standard InChI is InChI=1S/C26H27N3O6/c1-2-3-8-16(13-24(30)31)27-25(32)22-14-23(35-29-22)28-26(33)34-15-21-19-11-6-4-9-17(19)18-10-5-7-12-20(18)21/h4-7,9-12,14,16,21H,2-3,8,13,15H2,1H3,(H,27,32)(H,28,33)(H,30,31). The van der Waals surface area contributed by atoms with Crippen LogP contribution in [0.2, 0.25) is 0 Å². The fraction of sp³-hybridized carbons (Fsp3) is 0.308. The Kier molecular flexibility index (Phi) is 7.45. The number of unbranched alkanes of at least 4 members (excludes halogenated alkanes) is 1. The highest BCUT2D eigenvalue weighted by molar-refractivity contribution is 5.94. The van der Waals surface area contributed by atoms with E-state index < -0.39 is 24.0 Å². The van der Waals surface area contributed by atoms with Gasteiger partial charge in [-0.3, -0.25) is 14.9 Å². The lowest BCUT2D eigenvalue weighted by Gasteiger charge is -2.15. The lowest BCUT2D eigenvalue weighted by molar-refractivity contribution is -0.137. The number of ether oxygens (including phenoxy) is 1. The topological polar surface area (TPSA) is 131 Å². The number of fused-ring (bicyclic) bond motifs is 3. The Morgan fingerprint density at radius 2 is 1.74 bits per heavy atom. The molecule has 35 heavy (non-hydrogen) atoms. The number of nitrogens with zero attached hydrogens (tertiary/aromatic N) is 1. The third-order valence-electron chi connectivity index (χ3n) is 5.97. The van der Waals surface area contributed by atoms with E-state index in [4.69, 9.17) is 14.4 Å². The summed E-state index contributed by atoms with van der Waals surface area (Å²) in [6.07, 6.45) is 1.28. The van der Waals surface area contributed by atoms with Crippen LogP contribution in [0.15, 0.2) is 59.1 Å². The maximum Gasteiger partial charge on any atom is 0.414 e. The second-order valence-corrected chi connectivity index (χ2v) is 8.44. The zero-order valence-corrected chi connectivity index (χ0v) is 19.3. The van der Waals surface area contributed by atoms with Crippen molar-refractivity contribution in [3.05, 3.63) is 71.4 Å². The van der Waals surface area contributed by atoms with Gasteiger partial charge in [0.2, 0.25) is 5.88 Å². The molecule has 1 aliphatic carbocycles. The van der Waals surface area contributed by atoms with Crippen LogP contribution in [-0.4, -0.2) is 40.9 Å². The third kappa shape index (κ3) is 5.68. The number of hydrogen-bond acceptors (Lipinski definition) is 6. The number of carboxylic acid groups (broad SMARTS) is 1. The Morgan fingerprint density at radius 3 is 2.37 bits per heavy atom. The van der Waals surface area contributed by atoms with E-state index in [9.17, 15) is 14.4 Å². The van der Waals surface area contributed by atoms with E-state index in [1.54, 1.807) is 0 Å². The molecule has 0 aliphatic heterocycles. The Hall–Kier alpha value is -4.14. The molecule has 3 N–H and O–H groups in total. The first kappa shape index (κ1) is 24.0. The number of aromatic nitrogens is 1. The van der Waals surface area contributed by atoms with Crippen molar-refractivity contribution < 1.29 is 28.8 Å². The number of hydrogen-bond donors (Lipinski definition) is 3. The van der Waals surface area contributed by atoms with Crippen molar-refractivity contribution in [2.45, 2.75) is 44.6 Å². The lowest BCUT2D eigenvalue weighted by atomic mass is 9.98. The van der Waals surface area contributed by atoms with Gasteiger partial charge in [-0.2, -0.15) is 0 Å². The Labute approximate surface area is 202 Å². The highest BCUT2D eigenvalue weighted by atomic mass is 16.6. The smallest absolute Gasteiger partial charge is 0.414 e. The first-order valence-corrected chi connectivity index (χ1v) is 11.6. The number of amides is 2. The molecule has 1 atom stereocenters. The molecule has 0 radical (unpaired) electrons. The summed E-state index contributed by atoms with van der Waals surface area (Å²) in [6.45, 7) is 2.12. The Bertz CT molecular complexity index is 1180. The van der Waals surface area contributed by atoms with E-state index in [1.165, 1.54) is 6.07 Å². The summed E-state index contributed by atoms with van der Waals surface area (Å²) in [5.41, 5.74) is 4.38. The van der Waals surface area contributed by atoms with Gasteiger partial charge in [0.05, 0.1) is 6.42 Å². The van der Waals surface area contributed by atoms with Gasteiger partial charge in [0.1, 0.15) is 6.61 Å². The summed E-state index contributed by atoms with van der Waals surface area (Å²) in [5, 5.41) is 17.8. The number of carboxylic acids is 1. The SMILES string of the molecule is CCCCC(CC(=O)O)NC(=O)c1cc(NC(=O)OCC2c3ccccc3-c3ccccc32)on1. The van der Waals surface area contributed by atoms with Crippen molar-refractivity contribution in [3.63, 3.8) is 0 Å². The number of carbonyl (C=O) groups excluding carboxylic acids is 2. The van der Waals surface area contributed by atoms with Crippen LogP contribution >= 0.6 is 0 Å². The molecule has 2 aromatic carbocycles. The van der Waals surface area contributed by atoms with Gasteiger partial charge < -0.3 is 19.7 Å². The minimum atomic E-state index is -0.996. The average molecular weight is 478 g/mol. The molecule has 1 heterocycles. The van der Waals surface area contributed by atoms with E-state index in [2.05, 4.69) is 27.9 Å². The maximum absolute atomic E-state index is 12.5. The summed E-state index contributed by atoms with van der Waals surface area (Å²) in [5.74, 6) is -1.70. The van der Waals surface area contributed by atoms with Crippen LogP contribution in [0.25, 0.3) is 11.1 Å². The van der Waals surface area contributed by atoms with Gasteiger partial charge >= 0.3 is 12.1 Å². The summed E-state index contributed by atoms with van der Waals surface area (Å²) in [4.78, 5) is 35.9. The number of carbonyl (C=O) groups is 3. The van der Waals surface area contributed by atoms with Gasteiger partial charge in [-0.05, 0) is 28.7 Å². The van der Waals surface area contributed by atoms with Gasteiger partial charge in [-0.1, -0.05) is 73.5 Å². The molecule has 3 aromatic rings. The van der Waals surface area contributed by atoms with Gasteiger partial charge in [-0.15, -0.1) is 0 Å². The second kappa shape index (κ2) is 10.9. The number of benzene rings is 2. The van der Waals surface area contributed by atoms with E-state index in [-0.39, 0.29) is 30.5 Å². The third-order valence-corrected chi connectivity index (χ3v) is 5.97. The van der Waals surface area contributed by atoms with E-state index >= 15 is 0 Å². The second-order valence-electron chi connectivity index (χ2n) is 8.44. The molecule has 1 unspecified atom stereocenters. The van der Waals surface area contributed by atoms with Crippen LogP contribution in [-0.2, 0) is 9.53 Å². The number of anilines is 1. The van der Waals surface area contributed by atoms with Gasteiger partial charge in [0.15, 0.2) is 5.69 Å². The zero-order chi connectivity index (χ0) is 24.8. The Morgan fingerprint density at radius 1 is 1.09 bits per heavy atom. The van der Waals surface area contributed by atoms with E-state index in [0.717, 1.165) is 35.1 Å². The highest BCUT2D eigenvalue weighted by Gasteiger charge is 2.29. The number of aliphatic carboxylic acids is 1. The van der Waals surface area contributed by atoms with Crippen molar-refractivity contribution in [3.8, 4) is 11.1 Å². The van der Waals surface area contributed by atoms with Crippen molar-refractivity contribution in [2.24, 2.45) is 0 Å². The summed E-state index contributed by atoms with van der Waals surface area (Å²) in [7, 11) is 0. The van der Waals surface area contributed by atoms with E-state index in [0.29, 0.717) is 6.42 Å². The molecule has 0 spiro atoms. The number of rotatable bonds is 10. The fourth-order valence-electron chi connectivity index (χ4n) is 4.32. The molecule has 4 rings (SSSR count). The molecule has 182 valence electrons. The molecule has 9 nitrogen and oxygen atoms in total. The molecule has 0 saturated carbocycles. The molecule has 0 fully saturated rings. The molecule has 2 amide bonds. The summed E-state index contributed by atoms with van der Waals surface area (Å²) < 4.78 is 10.5. The van der Waals surface area contributed by atoms with Crippen molar-refractivity contribution in [1.82, 2.24) is 10.5 Å². The molecule has 9 heteroatoms. The molecule has 1 aliphatic rings. The predicted molar refractivity (Wildman–Crippen MR) is 128 cm³/mol. The molecule has 0 bridgehead atoms. The normalized spacial score (nSPS) is 12.9. The van der Waals surface area contributed by atoms with Crippen LogP contribution in [0.1, 0.15) is 60.1 Å². The Balaban J connectivity index is 1.34. The molecule has 1 aromatic heterocycles. The minimum absolute atomic E-state index is 0.0456. The van der Waals surface area contributed by atoms with E-state index in [1.807, 2.05) is 43.3 Å². The summed E-state index contributed by atoms with van der Waals surface area (Å²) in [6, 6.07) is 16.8. The fourth-order valence-corrected chi connectivity index (χ4v) is 4.32. The quantitative estimate of drug-likeness (QED) is 0.382. The first-order valence-electron chi connectivity index (χ1n) is 11.6. The molecular formula is C26H27N3O6. The van der Waals surface area contributed by atoms with Crippen LogP contribution in [0.4, 0.5) is 10.7 Å². The first-order chi connectivity index (χ1) is 17.0. The van der Waals surface area contributed by atoms with Crippen LogP contribution < -0.4 is 10.6 Å². The maximum atomic E-state index is 12.5. The number of nitrogens with one attached hydrogen (secondary N) is 2. The van der Waals surface area contributed by atoms with Crippen molar-refractivity contribution in [2.75, 3.05) is 11.9 Å². The summed E-state index contributed by atoms with van der Waals surface area (Å²) >= 11 is 0. The largest absolute Gasteiger partial charge is 0.481 e. The zero-order valence-electron chi connectivity index (χ0n) is 19.3. The van der Waals surface area contributed by atoms with Gasteiger partial charge in [0.25, 0.3) is 5.91 Å². The van der Waals surface area contributed by atoms with Gasteiger partial charge in [-0.25, -0.2) is 4.79 Å². The monoisotopic (exact) mass is 477 g/mol. The molecular weight excluding hydrogens is 450 g/mol. The van der Waals surface area contributed by atoms with Crippen molar-refractivity contribution >= 4 is 23.9 Å². The molecule has 0 saturated heterocycles. The van der Waals surface area contributed by atoms with Crippen LogP contribution in [0.3, 0.4) is 0 Å². The van der Waals surface area contributed by atoms with Gasteiger partial charge in [0, 0.05) is 18.0 Å². The average Bonchev–Trinajstić information content (AvgIpc) is 3.43. The van der Waals surface area contributed by atoms with Crippen molar-refractivity contribution in [1.29, 1.82) is 0 Å². The lowest BCUT2D eigenvalue weighted by Crippen LogP contribution is -2.36. The minimum Gasteiger partial charge on any atom is -0.481 e.